The molecule has 1 saturated heterocycles. The van der Waals surface area contributed by atoms with Gasteiger partial charge >= 0.3 is 0 Å². The molecule has 4 aliphatic carbocycles. The summed E-state index contributed by atoms with van der Waals surface area (Å²) in [6.07, 6.45) is 5.34. The number of carbonyl (C=O) groups excluding carboxylic acids is 3. The lowest BCUT2D eigenvalue weighted by atomic mass is 9.63. The Morgan fingerprint density at radius 2 is 1.69 bits per heavy atom. The van der Waals surface area contributed by atoms with E-state index in [2.05, 4.69) is 17.5 Å². The van der Waals surface area contributed by atoms with Crippen molar-refractivity contribution in [3.05, 3.63) is 40.4 Å². The SMILES string of the molecule is O=C(CN1C(=O)[C@@H]2[C@H]3C=C[C@@H]([C@@H]4C[C@@H]34)[C@@H]2C1=O)Nc1cc(Cl)ccc1Cl. The average molecular weight is 391 g/mol. The lowest BCUT2D eigenvalue weighted by Gasteiger charge is -2.37. The van der Waals surface area contributed by atoms with Crippen LogP contribution in [0.1, 0.15) is 6.42 Å². The standard InChI is InChI=1S/C19H16Cl2N2O3/c20-8-1-4-13(21)14(5-8)22-15(24)7-23-18(25)16-9-2-3-10(12-6-11(9)12)17(16)19(23)26/h1-5,9-12,16-17H,6-7H2,(H,22,24)/t9-,10-,11-,12-,16-,17+/m0/s1. The van der Waals surface area contributed by atoms with Crippen LogP contribution in [0.15, 0.2) is 30.4 Å². The third kappa shape index (κ3) is 2.26. The Bertz CT molecular complexity index is 848. The van der Waals surface area contributed by atoms with Gasteiger partial charge in [-0.2, -0.15) is 0 Å². The minimum absolute atomic E-state index is 0.155. The first-order chi connectivity index (χ1) is 12.5. The molecular weight excluding hydrogens is 375 g/mol. The summed E-state index contributed by atoms with van der Waals surface area (Å²) in [6.45, 7) is -0.289. The molecule has 26 heavy (non-hydrogen) atoms. The molecule has 3 fully saturated rings. The Morgan fingerprint density at radius 3 is 2.31 bits per heavy atom. The molecule has 3 amide bonds. The number of amides is 3. The molecule has 134 valence electrons. The van der Waals surface area contributed by atoms with Crippen LogP contribution < -0.4 is 5.32 Å². The number of benzene rings is 1. The van der Waals surface area contributed by atoms with Gasteiger partial charge in [-0.05, 0) is 48.3 Å². The molecule has 6 atom stereocenters. The summed E-state index contributed by atoms with van der Waals surface area (Å²) in [5.41, 5.74) is 0.364. The lowest BCUT2D eigenvalue weighted by Crippen LogP contribution is -2.40. The number of likely N-dealkylation sites (tertiary alicyclic amines) is 1. The molecular formula is C19H16Cl2N2O3. The third-order valence-corrected chi connectivity index (χ3v) is 6.82. The zero-order valence-electron chi connectivity index (χ0n) is 13.7. The van der Waals surface area contributed by atoms with Gasteiger partial charge in [0.15, 0.2) is 0 Å². The molecule has 6 rings (SSSR count). The minimum atomic E-state index is -0.458. The molecule has 2 saturated carbocycles. The van der Waals surface area contributed by atoms with Crippen molar-refractivity contribution in [2.24, 2.45) is 35.5 Å². The summed E-state index contributed by atoms with van der Waals surface area (Å²) in [6, 6.07) is 4.73. The van der Waals surface area contributed by atoms with Gasteiger partial charge in [0.2, 0.25) is 17.7 Å². The third-order valence-electron chi connectivity index (χ3n) is 6.26. The minimum Gasteiger partial charge on any atom is -0.323 e. The van der Waals surface area contributed by atoms with E-state index in [-0.39, 0.29) is 42.0 Å². The fourth-order valence-corrected chi connectivity index (χ4v) is 5.44. The molecule has 0 unspecified atom stereocenters. The number of nitrogens with one attached hydrogen (secondary N) is 1. The van der Waals surface area contributed by atoms with Crippen LogP contribution in [0.4, 0.5) is 5.69 Å². The van der Waals surface area contributed by atoms with E-state index < -0.39 is 5.91 Å². The summed E-state index contributed by atoms with van der Waals surface area (Å²) in [7, 11) is 0. The number of anilines is 1. The van der Waals surface area contributed by atoms with Gasteiger partial charge < -0.3 is 5.32 Å². The first kappa shape index (κ1) is 16.3. The number of allylic oxidation sites excluding steroid dienone is 2. The Kier molecular flexibility index (Phi) is 3.50. The molecule has 5 aliphatic rings. The zero-order chi connectivity index (χ0) is 18.2. The molecule has 2 bridgehead atoms. The van der Waals surface area contributed by atoms with Crippen molar-refractivity contribution in [3.63, 3.8) is 0 Å². The van der Waals surface area contributed by atoms with Gasteiger partial charge in [0.1, 0.15) is 6.54 Å². The van der Waals surface area contributed by atoms with Gasteiger partial charge in [0, 0.05) is 5.02 Å². The van der Waals surface area contributed by atoms with Gasteiger partial charge in [-0.25, -0.2) is 0 Å². The van der Waals surface area contributed by atoms with Gasteiger partial charge in [-0.3, -0.25) is 19.3 Å². The lowest BCUT2D eigenvalue weighted by molar-refractivity contribution is -0.142. The Morgan fingerprint density at radius 1 is 1.08 bits per heavy atom. The van der Waals surface area contributed by atoms with E-state index in [0.29, 0.717) is 27.6 Å². The molecule has 1 aromatic rings. The van der Waals surface area contributed by atoms with Crippen molar-refractivity contribution >= 4 is 46.6 Å². The van der Waals surface area contributed by atoms with Crippen LogP contribution in [0.25, 0.3) is 0 Å². The molecule has 0 aromatic heterocycles. The van der Waals surface area contributed by atoms with Crippen LogP contribution in [-0.2, 0) is 14.4 Å². The fourth-order valence-electron chi connectivity index (χ4n) is 5.10. The highest BCUT2D eigenvalue weighted by Gasteiger charge is 2.67. The summed E-state index contributed by atoms with van der Waals surface area (Å²) >= 11 is 12.0. The van der Waals surface area contributed by atoms with Crippen LogP contribution in [0.2, 0.25) is 10.0 Å². The second-order valence-corrected chi connectivity index (χ2v) is 8.43. The number of rotatable bonds is 3. The second-order valence-electron chi connectivity index (χ2n) is 7.59. The van der Waals surface area contributed by atoms with Crippen molar-refractivity contribution < 1.29 is 14.4 Å². The Hall–Kier alpha value is -1.85. The summed E-state index contributed by atoms with van der Waals surface area (Å²) < 4.78 is 0. The number of carbonyl (C=O) groups is 3. The van der Waals surface area contributed by atoms with Crippen LogP contribution in [0, 0.1) is 35.5 Å². The second kappa shape index (κ2) is 5.57. The van der Waals surface area contributed by atoms with Crippen LogP contribution in [-0.4, -0.2) is 29.2 Å². The molecule has 7 heteroatoms. The van der Waals surface area contributed by atoms with E-state index in [1.165, 1.54) is 6.07 Å². The van der Waals surface area contributed by atoms with Crippen molar-refractivity contribution in [1.82, 2.24) is 4.90 Å². The molecule has 1 N–H and O–H groups in total. The quantitative estimate of drug-likeness (QED) is 0.637. The van der Waals surface area contributed by atoms with E-state index in [9.17, 15) is 14.4 Å². The summed E-state index contributed by atoms with van der Waals surface area (Å²) in [5, 5.41) is 3.42. The zero-order valence-corrected chi connectivity index (χ0v) is 15.2. The van der Waals surface area contributed by atoms with Gasteiger partial charge in [0.25, 0.3) is 0 Å². The normalized spacial score (nSPS) is 36.2. The van der Waals surface area contributed by atoms with Crippen LogP contribution in [0.5, 0.6) is 0 Å². The molecule has 1 aromatic carbocycles. The molecule has 1 heterocycles. The Balaban J connectivity index is 1.34. The predicted molar refractivity (Wildman–Crippen MR) is 96.5 cm³/mol. The van der Waals surface area contributed by atoms with E-state index >= 15 is 0 Å². The number of hydrogen-bond acceptors (Lipinski definition) is 3. The van der Waals surface area contributed by atoms with Crippen molar-refractivity contribution in [1.29, 1.82) is 0 Å². The van der Waals surface area contributed by atoms with Gasteiger partial charge in [-0.1, -0.05) is 35.4 Å². The van der Waals surface area contributed by atoms with Crippen molar-refractivity contribution in [2.45, 2.75) is 6.42 Å². The van der Waals surface area contributed by atoms with Crippen LogP contribution in [0.3, 0.4) is 0 Å². The van der Waals surface area contributed by atoms with Crippen LogP contribution >= 0.6 is 23.2 Å². The monoisotopic (exact) mass is 390 g/mol. The number of hydrogen-bond donors (Lipinski definition) is 1. The number of imide groups is 1. The highest BCUT2D eigenvalue weighted by atomic mass is 35.5. The molecule has 5 nitrogen and oxygen atoms in total. The van der Waals surface area contributed by atoms with Crippen molar-refractivity contribution in [2.75, 3.05) is 11.9 Å². The first-order valence-electron chi connectivity index (χ1n) is 8.74. The summed E-state index contributed by atoms with van der Waals surface area (Å²) in [5.74, 6) is -0.0606. The summed E-state index contributed by atoms with van der Waals surface area (Å²) in [4.78, 5) is 39.2. The Labute approximate surface area is 160 Å². The maximum atomic E-state index is 12.9. The van der Waals surface area contributed by atoms with Gasteiger partial charge in [-0.15, -0.1) is 0 Å². The predicted octanol–water partition coefficient (Wildman–Crippen LogP) is 2.99. The topological polar surface area (TPSA) is 66.5 Å². The highest BCUT2D eigenvalue weighted by molar-refractivity contribution is 6.35. The largest absolute Gasteiger partial charge is 0.323 e. The maximum Gasteiger partial charge on any atom is 0.244 e. The number of nitrogens with zero attached hydrogens (tertiary/aromatic N) is 1. The molecule has 1 aliphatic heterocycles. The molecule has 0 spiro atoms. The van der Waals surface area contributed by atoms with Crippen molar-refractivity contribution in [3.8, 4) is 0 Å². The van der Waals surface area contributed by atoms with Gasteiger partial charge in [0.05, 0.1) is 22.5 Å². The number of halogens is 2. The fraction of sp³-hybridized carbons (Fsp3) is 0.421. The highest BCUT2D eigenvalue weighted by Crippen LogP contribution is 2.65. The molecule has 0 radical (unpaired) electrons. The maximum absolute atomic E-state index is 12.9. The average Bonchev–Trinajstić information content (AvgIpc) is 3.39. The van der Waals surface area contributed by atoms with E-state index in [1.807, 2.05) is 0 Å². The van der Waals surface area contributed by atoms with E-state index in [1.54, 1.807) is 12.1 Å². The van der Waals surface area contributed by atoms with E-state index in [0.717, 1.165) is 11.3 Å². The first-order valence-corrected chi connectivity index (χ1v) is 9.50. The smallest absolute Gasteiger partial charge is 0.244 e. The van der Waals surface area contributed by atoms with E-state index in [4.69, 9.17) is 23.2 Å².